The zero-order chi connectivity index (χ0) is 24.6. The first-order valence-electron chi connectivity index (χ1n) is 10.8. The first-order chi connectivity index (χ1) is 16.1. The van der Waals surface area contributed by atoms with E-state index in [1.54, 1.807) is 34.3 Å². The van der Waals surface area contributed by atoms with Gasteiger partial charge in [0.25, 0.3) is 0 Å². The lowest BCUT2D eigenvalue weighted by Gasteiger charge is -2.21. The molecule has 11 heteroatoms. The molecule has 8 nitrogen and oxygen atoms in total. The summed E-state index contributed by atoms with van der Waals surface area (Å²) >= 11 is 0. The van der Waals surface area contributed by atoms with Crippen LogP contribution >= 0.6 is 0 Å². The third-order valence-electron chi connectivity index (χ3n) is 6.12. The Bertz CT molecular complexity index is 1180. The van der Waals surface area contributed by atoms with Crippen LogP contribution in [0.3, 0.4) is 0 Å². The summed E-state index contributed by atoms with van der Waals surface area (Å²) in [6.07, 6.45) is -2.86. The number of rotatable bonds is 6. The summed E-state index contributed by atoms with van der Waals surface area (Å²) in [4.78, 5) is 6.71. The van der Waals surface area contributed by atoms with Gasteiger partial charge < -0.3 is 25.4 Å². The van der Waals surface area contributed by atoms with E-state index in [0.29, 0.717) is 41.1 Å². The van der Waals surface area contributed by atoms with Gasteiger partial charge in [-0.1, -0.05) is 0 Å². The van der Waals surface area contributed by atoms with Crippen molar-refractivity contribution in [3.05, 3.63) is 47.3 Å². The summed E-state index contributed by atoms with van der Waals surface area (Å²) in [5, 5.41) is 12.3. The van der Waals surface area contributed by atoms with Gasteiger partial charge >= 0.3 is 6.18 Å². The normalized spacial score (nSPS) is 19.6. The Labute approximate surface area is 195 Å². The summed E-state index contributed by atoms with van der Waals surface area (Å²) in [5.74, 6) is 0.421. The van der Waals surface area contributed by atoms with Crippen molar-refractivity contribution in [3.63, 3.8) is 0 Å². The number of fused-ring (bicyclic) bond motifs is 1. The predicted molar refractivity (Wildman–Crippen MR) is 124 cm³/mol. The van der Waals surface area contributed by atoms with Crippen LogP contribution in [0.25, 0.3) is 10.9 Å². The number of nitrogens with one attached hydrogen (secondary N) is 1. The molecule has 0 spiro atoms. The minimum Gasteiger partial charge on any atom is -0.399 e. The highest BCUT2D eigenvalue weighted by Crippen LogP contribution is 2.34. The topological polar surface area (TPSA) is 98.4 Å². The molecule has 1 aromatic carbocycles. The van der Waals surface area contributed by atoms with Crippen LogP contribution in [-0.4, -0.2) is 54.7 Å². The van der Waals surface area contributed by atoms with Crippen LogP contribution in [0.15, 0.2) is 30.5 Å². The Morgan fingerprint density at radius 2 is 1.76 bits per heavy atom. The number of halogens is 3. The number of benzene rings is 1. The van der Waals surface area contributed by atoms with E-state index in [0.717, 1.165) is 17.8 Å². The van der Waals surface area contributed by atoms with Gasteiger partial charge in [-0.25, -0.2) is 0 Å². The lowest BCUT2D eigenvalue weighted by atomic mass is 10.0. The molecule has 1 saturated heterocycles. The van der Waals surface area contributed by atoms with Crippen molar-refractivity contribution in [2.45, 2.75) is 38.3 Å². The molecule has 0 radical (unpaired) electrons. The Kier molecular flexibility index (Phi) is 6.50. The average molecular weight is 477 g/mol. The molecule has 0 unspecified atom stereocenters. The summed E-state index contributed by atoms with van der Waals surface area (Å²) in [7, 11) is 3.31. The molecule has 0 bridgehead atoms. The third-order valence-corrected chi connectivity index (χ3v) is 6.12. The molecular formula is C23H27F3N6O2. The molecular weight excluding hydrogens is 449 g/mol. The maximum Gasteiger partial charge on any atom is 0.416 e. The molecule has 0 aliphatic carbocycles. The number of methoxy groups -OCH3 is 2. The minimum atomic E-state index is -4.49. The van der Waals surface area contributed by atoms with Crippen molar-refractivity contribution in [2.24, 2.45) is 0 Å². The summed E-state index contributed by atoms with van der Waals surface area (Å²) < 4.78 is 50.8. The van der Waals surface area contributed by atoms with E-state index in [-0.39, 0.29) is 17.9 Å². The molecule has 1 aliphatic rings. The number of nitrogen functional groups attached to an aromatic ring is 1. The van der Waals surface area contributed by atoms with E-state index in [9.17, 15) is 13.2 Å². The first kappa shape index (κ1) is 24.0. The molecule has 1 aliphatic heterocycles. The number of hydrogen-bond acceptors (Lipinski definition) is 8. The summed E-state index contributed by atoms with van der Waals surface area (Å²) in [6, 6.07) is 4.95. The maximum atomic E-state index is 13.3. The summed E-state index contributed by atoms with van der Waals surface area (Å²) in [5.41, 5.74) is 7.53. The number of nitrogens with two attached hydrogens (primary N) is 1. The van der Waals surface area contributed by atoms with E-state index in [1.807, 2.05) is 6.07 Å². The largest absolute Gasteiger partial charge is 0.416 e. The lowest BCUT2D eigenvalue weighted by molar-refractivity contribution is -0.137. The molecule has 3 N–H and O–H groups in total. The van der Waals surface area contributed by atoms with Crippen molar-refractivity contribution < 1.29 is 22.6 Å². The fraction of sp³-hybridized carbons (Fsp3) is 0.435. The van der Waals surface area contributed by atoms with Crippen LogP contribution < -0.4 is 16.0 Å². The van der Waals surface area contributed by atoms with Crippen LogP contribution in [0.4, 0.5) is 30.4 Å². The van der Waals surface area contributed by atoms with Gasteiger partial charge in [0.05, 0.1) is 34.7 Å². The fourth-order valence-electron chi connectivity index (χ4n) is 4.21. The standard InChI is InChI=1S/C23H27F3N6O2/c1-12(14-5-15(23(24,25)26)7-16(27)6-14)29-22-18-8-17(9-28-21(18)13(2)30-31-22)32-10-19(33-3)20(11-32)34-4/h5-9,12,19-20H,10-11,27H2,1-4H3,(H,29,31)/t12-,19-,20+/m1/s1. The second-order valence-electron chi connectivity index (χ2n) is 8.43. The van der Waals surface area contributed by atoms with Gasteiger partial charge in [0.2, 0.25) is 0 Å². The quantitative estimate of drug-likeness (QED) is 0.516. The number of aromatic nitrogens is 3. The summed E-state index contributed by atoms with van der Waals surface area (Å²) in [6.45, 7) is 4.83. The Balaban J connectivity index is 1.68. The Hall–Kier alpha value is -3.18. The Morgan fingerprint density at radius 1 is 1.09 bits per heavy atom. The third kappa shape index (κ3) is 4.71. The van der Waals surface area contributed by atoms with Gasteiger partial charge in [0.1, 0.15) is 12.2 Å². The molecule has 182 valence electrons. The number of nitrogens with zero attached hydrogens (tertiary/aromatic N) is 4. The lowest BCUT2D eigenvalue weighted by Crippen LogP contribution is -2.27. The van der Waals surface area contributed by atoms with Crippen LogP contribution in [0, 0.1) is 6.92 Å². The second kappa shape index (κ2) is 9.22. The molecule has 3 atom stereocenters. The highest BCUT2D eigenvalue weighted by Gasteiger charge is 2.34. The van der Waals surface area contributed by atoms with Gasteiger partial charge in [-0.05, 0) is 43.7 Å². The van der Waals surface area contributed by atoms with E-state index < -0.39 is 17.8 Å². The van der Waals surface area contributed by atoms with Gasteiger partial charge in [-0.15, -0.1) is 5.10 Å². The molecule has 2 aromatic heterocycles. The predicted octanol–water partition coefficient (Wildman–Crippen LogP) is 3.96. The molecule has 3 heterocycles. The van der Waals surface area contributed by atoms with Gasteiger partial charge in [-0.3, -0.25) is 4.98 Å². The average Bonchev–Trinajstić information content (AvgIpc) is 3.23. The monoisotopic (exact) mass is 476 g/mol. The van der Waals surface area contributed by atoms with Crippen molar-refractivity contribution in [3.8, 4) is 0 Å². The molecule has 0 amide bonds. The van der Waals surface area contributed by atoms with E-state index in [1.165, 1.54) is 6.07 Å². The number of ether oxygens (including phenoxy) is 2. The van der Waals surface area contributed by atoms with E-state index in [4.69, 9.17) is 15.2 Å². The minimum absolute atomic E-state index is 0.0386. The molecule has 34 heavy (non-hydrogen) atoms. The number of hydrogen-bond donors (Lipinski definition) is 2. The van der Waals surface area contributed by atoms with E-state index in [2.05, 4.69) is 25.4 Å². The highest BCUT2D eigenvalue weighted by atomic mass is 19.4. The van der Waals surface area contributed by atoms with Gasteiger partial charge in [0.15, 0.2) is 5.82 Å². The fourth-order valence-corrected chi connectivity index (χ4v) is 4.21. The highest BCUT2D eigenvalue weighted by molar-refractivity contribution is 5.92. The number of anilines is 3. The zero-order valence-electron chi connectivity index (χ0n) is 19.3. The number of aryl methyl sites for hydroxylation is 1. The molecule has 0 saturated carbocycles. The van der Waals surface area contributed by atoms with Crippen molar-refractivity contribution >= 4 is 28.1 Å². The first-order valence-corrected chi connectivity index (χ1v) is 10.8. The second-order valence-corrected chi connectivity index (χ2v) is 8.43. The van der Waals surface area contributed by atoms with Crippen molar-refractivity contribution in [1.29, 1.82) is 0 Å². The molecule has 3 aromatic rings. The van der Waals surface area contributed by atoms with Gasteiger partial charge in [0, 0.05) is 38.4 Å². The number of alkyl halides is 3. The molecule has 1 fully saturated rings. The van der Waals surface area contributed by atoms with Crippen molar-refractivity contribution in [2.75, 3.05) is 43.3 Å². The van der Waals surface area contributed by atoms with Gasteiger partial charge in [-0.2, -0.15) is 18.3 Å². The van der Waals surface area contributed by atoms with Crippen molar-refractivity contribution in [1.82, 2.24) is 15.2 Å². The Morgan fingerprint density at radius 3 is 2.38 bits per heavy atom. The SMILES string of the molecule is CO[C@H]1CN(c2cnc3c(C)nnc(N[C@H](C)c4cc(N)cc(C(F)(F)F)c4)c3c2)C[C@H]1OC. The van der Waals surface area contributed by atoms with Crippen LogP contribution in [0.1, 0.15) is 29.8 Å². The maximum absolute atomic E-state index is 13.3. The molecule has 4 rings (SSSR count). The number of pyridine rings is 1. The smallest absolute Gasteiger partial charge is 0.399 e. The zero-order valence-corrected chi connectivity index (χ0v) is 19.3. The van der Waals surface area contributed by atoms with E-state index >= 15 is 0 Å². The van der Waals surface area contributed by atoms with Crippen LogP contribution in [-0.2, 0) is 15.7 Å². The van der Waals surface area contributed by atoms with Crippen LogP contribution in [0.5, 0.6) is 0 Å². The van der Waals surface area contributed by atoms with Crippen LogP contribution in [0.2, 0.25) is 0 Å².